The third kappa shape index (κ3) is 4.34. The van der Waals surface area contributed by atoms with E-state index in [9.17, 15) is 4.79 Å². The van der Waals surface area contributed by atoms with Crippen LogP contribution in [0, 0.1) is 20.8 Å². The Hall–Kier alpha value is -2.31. The summed E-state index contributed by atoms with van der Waals surface area (Å²) in [5.41, 5.74) is 3.34. The van der Waals surface area contributed by atoms with Crippen molar-refractivity contribution in [1.82, 2.24) is 4.98 Å². The van der Waals surface area contributed by atoms with Crippen molar-refractivity contribution < 1.29 is 19.0 Å². The monoisotopic (exact) mass is 390 g/mol. The number of esters is 1. The molecule has 1 aromatic carbocycles. The lowest BCUT2D eigenvalue weighted by molar-refractivity contribution is 0.0598. The Morgan fingerprint density at radius 3 is 2.56 bits per heavy atom. The van der Waals surface area contributed by atoms with Gasteiger partial charge in [0.25, 0.3) is 0 Å². The number of hydrogen-bond acceptors (Lipinski definition) is 6. The van der Waals surface area contributed by atoms with Gasteiger partial charge in [-0.1, -0.05) is 11.6 Å². The quantitative estimate of drug-likeness (QED) is 0.761. The Bertz CT molecular complexity index is 840. The molecule has 1 aliphatic rings. The number of carbonyl (C=O) groups excluding carboxylic acids is 1. The first-order chi connectivity index (χ1) is 12.9. The van der Waals surface area contributed by atoms with Crippen LogP contribution >= 0.6 is 11.6 Å². The second kappa shape index (κ2) is 8.15. The van der Waals surface area contributed by atoms with Crippen molar-refractivity contribution in [2.24, 2.45) is 0 Å². The van der Waals surface area contributed by atoms with Crippen LogP contribution < -0.4 is 10.1 Å². The van der Waals surface area contributed by atoms with Crippen LogP contribution in [-0.2, 0) is 9.47 Å². The second-order valence-electron chi connectivity index (χ2n) is 6.66. The number of anilines is 1. The molecular formula is C20H23ClN2O4. The summed E-state index contributed by atoms with van der Waals surface area (Å²) in [4.78, 5) is 17.0. The maximum atomic E-state index is 12.5. The normalized spacial score (nSPS) is 16.3. The molecule has 0 spiro atoms. The molecule has 1 atom stereocenters. The molecule has 1 N–H and O–H groups in total. The fourth-order valence-corrected chi connectivity index (χ4v) is 3.48. The molecule has 3 rings (SSSR count). The van der Waals surface area contributed by atoms with Crippen molar-refractivity contribution in [3.8, 4) is 11.6 Å². The zero-order chi connectivity index (χ0) is 19.6. The lowest BCUT2D eigenvalue weighted by atomic mass is 10.1. The second-order valence-corrected chi connectivity index (χ2v) is 7.09. The molecule has 0 bridgehead atoms. The third-order valence-electron chi connectivity index (χ3n) is 4.42. The van der Waals surface area contributed by atoms with E-state index in [4.69, 9.17) is 25.8 Å². The minimum absolute atomic E-state index is 0.127. The molecule has 6 nitrogen and oxygen atoms in total. The van der Waals surface area contributed by atoms with Crippen molar-refractivity contribution in [2.45, 2.75) is 33.2 Å². The van der Waals surface area contributed by atoms with Gasteiger partial charge in [0, 0.05) is 17.3 Å². The molecule has 0 aliphatic carbocycles. The molecule has 1 aromatic heterocycles. The first kappa shape index (κ1) is 19.5. The van der Waals surface area contributed by atoms with Gasteiger partial charge >= 0.3 is 5.97 Å². The Morgan fingerprint density at radius 1 is 1.26 bits per heavy atom. The highest BCUT2D eigenvalue weighted by molar-refractivity contribution is 6.30. The van der Waals surface area contributed by atoms with Gasteiger partial charge in [-0.3, -0.25) is 0 Å². The third-order valence-corrected chi connectivity index (χ3v) is 4.64. The van der Waals surface area contributed by atoms with Gasteiger partial charge in [-0.2, -0.15) is 0 Å². The number of hydrogen-bond donors (Lipinski definition) is 1. The molecule has 27 heavy (non-hydrogen) atoms. The number of nitrogens with one attached hydrogen (secondary N) is 1. The molecular weight excluding hydrogens is 368 g/mol. The number of rotatable bonds is 5. The van der Waals surface area contributed by atoms with E-state index in [1.165, 1.54) is 7.11 Å². The molecule has 7 heteroatoms. The van der Waals surface area contributed by atoms with Gasteiger partial charge in [0.15, 0.2) is 0 Å². The van der Waals surface area contributed by atoms with E-state index in [1.54, 1.807) is 0 Å². The maximum absolute atomic E-state index is 12.5. The predicted octanol–water partition coefficient (Wildman–Crippen LogP) is 4.44. The number of ether oxygens (including phenoxy) is 3. The van der Waals surface area contributed by atoms with E-state index in [0.29, 0.717) is 29.7 Å². The summed E-state index contributed by atoms with van der Waals surface area (Å²) in [6.45, 7) is 6.94. The highest BCUT2D eigenvalue weighted by atomic mass is 35.5. The summed E-state index contributed by atoms with van der Waals surface area (Å²) < 4.78 is 16.5. The number of benzene rings is 1. The fraction of sp³-hybridized carbons (Fsp3) is 0.400. The van der Waals surface area contributed by atoms with E-state index >= 15 is 0 Å². The molecule has 1 fully saturated rings. The van der Waals surface area contributed by atoms with Crippen molar-refractivity contribution in [3.63, 3.8) is 0 Å². The Kier molecular flexibility index (Phi) is 5.87. The maximum Gasteiger partial charge on any atom is 0.345 e. The SMILES string of the molecule is COC(=O)c1c(N[C@@H]2CCOC2)cc(C)nc1Oc1c(C)cc(Cl)cc1C. The van der Waals surface area contributed by atoms with Gasteiger partial charge in [-0.25, -0.2) is 9.78 Å². The zero-order valence-corrected chi connectivity index (χ0v) is 16.6. The topological polar surface area (TPSA) is 69.7 Å². The standard InChI is InChI=1S/C20H23ClN2O4/c1-11-7-14(21)8-12(2)18(11)27-19-17(20(24)25-4)16(9-13(3)22-19)23-15-5-6-26-10-15/h7-9,15H,5-6,10H2,1-4H3,(H,22,23)/t15-/m1/s1. The molecule has 2 heterocycles. The molecule has 144 valence electrons. The van der Waals surface area contributed by atoms with Gasteiger partial charge in [-0.15, -0.1) is 0 Å². The molecule has 1 aliphatic heterocycles. The minimum atomic E-state index is -0.511. The van der Waals surface area contributed by atoms with Crippen LogP contribution in [0.3, 0.4) is 0 Å². The van der Waals surface area contributed by atoms with Crippen LogP contribution in [0.15, 0.2) is 18.2 Å². The minimum Gasteiger partial charge on any atom is -0.465 e. The summed E-state index contributed by atoms with van der Waals surface area (Å²) in [5.74, 6) is 0.317. The number of halogens is 1. The molecule has 1 saturated heterocycles. The molecule has 0 amide bonds. The Morgan fingerprint density at radius 2 is 1.96 bits per heavy atom. The number of methoxy groups -OCH3 is 1. The highest BCUT2D eigenvalue weighted by Crippen LogP contribution is 2.35. The Labute approximate surface area is 163 Å². The fourth-order valence-electron chi connectivity index (χ4n) is 3.15. The average molecular weight is 391 g/mol. The first-order valence-corrected chi connectivity index (χ1v) is 9.15. The van der Waals surface area contributed by atoms with Crippen LogP contribution in [-0.4, -0.2) is 37.3 Å². The molecule has 2 aromatic rings. The largest absolute Gasteiger partial charge is 0.465 e. The van der Waals surface area contributed by atoms with Crippen LogP contribution in [0.25, 0.3) is 0 Å². The first-order valence-electron chi connectivity index (χ1n) is 8.78. The zero-order valence-electron chi connectivity index (χ0n) is 15.9. The smallest absolute Gasteiger partial charge is 0.345 e. The number of nitrogens with zero attached hydrogens (tertiary/aromatic N) is 1. The van der Waals surface area contributed by atoms with Crippen molar-refractivity contribution in [3.05, 3.63) is 45.6 Å². The van der Waals surface area contributed by atoms with Gasteiger partial charge < -0.3 is 19.5 Å². The summed E-state index contributed by atoms with van der Waals surface area (Å²) >= 11 is 6.11. The summed E-state index contributed by atoms with van der Waals surface area (Å²) in [5, 5.41) is 3.99. The predicted molar refractivity (Wildman–Crippen MR) is 104 cm³/mol. The summed E-state index contributed by atoms with van der Waals surface area (Å²) in [7, 11) is 1.34. The molecule has 0 unspecified atom stereocenters. The number of carbonyl (C=O) groups is 1. The van der Waals surface area contributed by atoms with Gasteiger partial charge in [0.2, 0.25) is 5.88 Å². The highest BCUT2D eigenvalue weighted by Gasteiger charge is 2.25. The summed E-state index contributed by atoms with van der Waals surface area (Å²) in [6, 6.07) is 5.57. The van der Waals surface area contributed by atoms with E-state index in [1.807, 2.05) is 39.0 Å². The average Bonchev–Trinajstić information content (AvgIpc) is 3.10. The molecule has 0 radical (unpaired) electrons. The van der Waals surface area contributed by atoms with Crippen LogP contribution in [0.4, 0.5) is 5.69 Å². The lowest BCUT2D eigenvalue weighted by Crippen LogP contribution is -2.22. The van der Waals surface area contributed by atoms with Gasteiger partial charge in [0.1, 0.15) is 11.3 Å². The van der Waals surface area contributed by atoms with Crippen LogP contribution in [0.2, 0.25) is 5.02 Å². The number of aryl methyl sites for hydroxylation is 3. The van der Waals surface area contributed by atoms with E-state index in [2.05, 4.69) is 10.3 Å². The van der Waals surface area contributed by atoms with Crippen molar-refractivity contribution >= 4 is 23.3 Å². The van der Waals surface area contributed by atoms with Gasteiger partial charge in [-0.05, 0) is 56.5 Å². The summed E-state index contributed by atoms with van der Waals surface area (Å²) in [6.07, 6.45) is 0.869. The Balaban J connectivity index is 2.05. The van der Waals surface area contributed by atoms with Gasteiger partial charge in [0.05, 0.1) is 25.4 Å². The number of aromatic nitrogens is 1. The van der Waals surface area contributed by atoms with Crippen molar-refractivity contribution in [1.29, 1.82) is 0 Å². The lowest BCUT2D eigenvalue weighted by Gasteiger charge is -2.19. The van der Waals surface area contributed by atoms with E-state index in [-0.39, 0.29) is 17.5 Å². The van der Waals surface area contributed by atoms with Crippen LogP contribution in [0.1, 0.15) is 33.6 Å². The van der Waals surface area contributed by atoms with E-state index < -0.39 is 5.97 Å². The van der Waals surface area contributed by atoms with Crippen molar-refractivity contribution in [2.75, 3.05) is 25.6 Å². The number of pyridine rings is 1. The van der Waals surface area contributed by atoms with E-state index in [0.717, 1.165) is 23.2 Å². The van der Waals surface area contributed by atoms with Crippen LogP contribution in [0.5, 0.6) is 11.6 Å². The molecule has 0 saturated carbocycles.